The van der Waals surface area contributed by atoms with Crippen molar-refractivity contribution in [2.75, 3.05) is 44.4 Å². The molecule has 0 aromatic carbocycles. The zero-order chi connectivity index (χ0) is 30.4. The third-order valence-electron chi connectivity index (χ3n) is 7.91. The number of pyridine rings is 1. The van der Waals surface area contributed by atoms with Crippen LogP contribution < -0.4 is 20.7 Å². The average Bonchev–Trinajstić information content (AvgIpc) is 2.95. The van der Waals surface area contributed by atoms with Gasteiger partial charge in [-0.15, -0.1) is 0 Å². The van der Waals surface area contributed by atoms with Crippen molar-refractivity contribution < 1.29 is 27.5 Å². The molecule has 0 unspecified atom stereocenters. The third-order valence-corrected chi connectivity index (χ3v) is 7.91. The molecule has 230 valence electrons. The maximum Gasteiger partial charge on any atom is 0.421 e. The molecule has 2 aromatic rings. The number of ether oxygens (including phenoxy) is 1. The van der Waals surface area contributed by atoms with Crippen LogP contribution in [-0.2, 0) is 11.0 Å². The van der Waals surface area contributed by atoms with Gasteiger partial charge in [-0.3, -0.25) is 9.59 Å². The molecule has 1 saturated carbocycles. The van der Waals surface area contributed by atoms with Crippen molar-refractivity contribution in [2.45, 2.75) is 76.7 Å². The first-order valence-corrected chi connectivity index (χ1v) is 14.3. The highest BCUT2D eigenvalue weighted by atomic mass is 19.4. The summed E-state index contributed by atoms with van der Waals surface area (Å²) in [6, 6.07) is 0.842. The highest BCUT2D eigenvalue weighted by molar-refractivity contribution is 5.93. The summed E-state index contributed by atoms with van der Waals surface area (Å²) < 4.78 is 47.3. The summed E-state index contributed by atoms with van der Waals surface area (Å²) >= 11 is 0. The number of rotatable bonds is 9. The number of likely N-dealkylation sites (tertiary alicyclic amines) is 1. The minimum Gasteiger partial charge on any atom is -0.494 e. The zero-order valence-corrected chi connectivity index (χ0v) is 24.4. The number of carbonyl (C=O) groups is 2. The van der Waals surface area contributed by atoms with E-state index in [2.05, 4.69) is 35.8 Å². The molecule has 0 bridgehead atoms. The SMILES string of the molecule is CCN(C(C)=O)[C@@H]1CCCC[C@H]1Nc1nc(Nc2cnc(C(=O)NC3CCN(C)CC3)cc2OC)ncc1C(F)(F)F. The number of halogens is 3. The van der Waals surface area contributed by atoms with E-state index in [-0.39, 0.29) is 52.8 Å². The van der Waals surface area contributed by atoms with Crippen molar-refractivity contribution in [1.82, 2.24) is 30.1 Å². The molecule has 0 radical (unpaired) electrons. The number of hydrogen-bond acceptors (Lipinski definition) is 9. The van der Waals surface area contributed by atoms with Crippen molar-refractivity contribution in [3.63, 3.8) is 0 Å². The Morgan fingerprint density at radius 3 is 2.48 bits per heavy atom. The quantitative estimate of drug-likeness (QED) is 0.396. The molecule has 4 rings (SSSR count). The molecule has 14 heteroatoms. The average molecular weight is 593 g/mol. The summed E-state index contributed by atoms with van der Waals surface area (Å²) in [7, 11) is 3.45. The molecule has 2 aromatic heterocycles. The minimum atomic E-state index is -4.70. The van der Waals surface area contributed by atoms with Gasteiger partial charge in [-0.1, -0.05) is 12.8 Å². The maximum absolute atomic E-state index is 14.0. The fourth-order valence-corrected chi connectivity index (χ4v) is 5.64. The summed E-state index contributed by atoms with van der Waals surface area (Å²) in [4.78, 5) is 41.2. The summed E-state index contributed by atoms with van der Waals surface area (Å²) in [5.41, 5.74) is -0.570. The van der Waals surface area contributed by atoms with Gasteiger partial charge >= 0.3 is 6.18 Å². The van der Waals surface area contributed by atoms with E-state index in [1.807, 2.05) is 14.0 Å². The van der Waals surface area contributed by atoms with Gasteiger partial charge in [0.05, 0.1) is 19.3 Å². The van der Waals surface area contributed by atoms with Crippen molar-refractivity contribution >= 4 is 29.3 Å². The number of anilines is 3. The largest absolute Gasteiger partial charge is 0.494 e. The third kappa shape index (κ3) is 7.58. The van der Waals surface area contributed by atoms with Crippen LogP contribution in [0, 0.1) is 0 Å². The van der Waals surface area contributed by atoms with Crippen LogP contribution in [0.4, 0.5) is 30.6 Å². The van der Waals surface area contributed by atoms with E-state index in [4.69, 9.17) is 4.74 Å². The van der Waals surface area contributed by atoms with E-state index in [1.165, 1.54) is 26.3 Å². The van der Waals surface area contributed by atoms with Gasteiger partial charge in [0, 0.05) is 37.8 Å². The smallest absolute Gasteiger partial charge is 0.421 e. The van der Waals surface area contributed by atoms with Gasteiger partial charge in [-0.2, -0.15) is 18.2 Å². The number of nitrogens with one attached hydrogen (secondary N) is 3. The number of likely N-dealkylation sites (N-methyl/N-ethyl adjacent to an activating group) is 1. The lowest BCUT2D eigenvalue weighted by atomic mass is 9.89. The van der Waals surface area contributed by atoms with Gasteiger partial charge in [0.1, 0.15) is 28.5 Å². The molecule has 2 fully saturated rings. The summed E-state index contributed by atoms with van der Waals surface area (Å²) in [6.07, 6.45) is 2.05. The molecule has 2 aliphatic rings. The fraction of sp³-hybridized carbons (Fsp3) is 0.607. The van der Waals surface area contributed by atoms with E-state index in [0.717, 1.165) is 45.0 Å². The van der Waals surface area contributed by atoms with Gasteiger partial charge in [-0.25, -0.2) is 9.97 Å². The summed E-state index contributed by atoms with van der Waals surface area (Å²) in [5.74, 6) is -0.692. The fourth-order valence-electron chi connectivity index (χ4n) is 5.64. The van der Waals surface area contributed by atoms with Crippen molar-refractivity contribution in [3.05, 3.63) is 29.7 Å². The highest BCUT2D eigenvalue weighted by Gasteiger charge is 2.38. The van der Waals surface area contributed by atoms with Crippen molar-refractivity contribution in [1.29, 1.82) is 0 Å². The molecule has 1 aliphatic heterocycles. The van der Waals surface area contributed by atoms with Crippen LogP contribution in [0.1, 0.15) is 68.4 Å². The summed E-state index contributed by atoms with van der Waals surface area (Å²) in [6.45, 7) is 5.56. The Morgan fingerprint density at radius 1 is 1.12 bits per heavy atom. The summed E-state index contributed by atoms with van der Waals surface area (Å²) in [5, 5.41) is 8.86. The first kappa shape index (κ1) is 31.3. The van der Waals surface area contributed by atoms with E-state index in [1.54, 1.807) is 4.90 Å². The second-order valence-electron chi connectivity index (χ2n) is 10.8. The standard InChI is InChI=1S/C28H39F3N8O3/c1-5-39(17(2)40)23-9-7-6-8-20(23)35-25-19(28(29,30)31)15-33-27(37-25)36-22-16-32-21(14-24(22)42-4)26(41)34-18-10-12-38(3)13-11-18/h14-16,18,20,23H,5-13H2,1-4H3,(H,34,41)(H2,33,35,36,37)/t20-,23-/m1/s1. The van der Waals surface area contributed by atoms with Crippen LogP contribution in [0.25, 0.3) is 0 Å². The number of methoxy groups -OCH3 is 1. The molecule has 11 nitrogen and oxygen atoms in total. The maximum atomic E-state index is 14.0. The van der Waals surface area contributed by atoms with Gasteiger partial charge in [-0.05, 0) is 52.7 Å². The lowest BCUT2D eigenvalue weighted by Crippen LogP contribution is -2.50. The van der Waals surface area contributed by atoms with Crippen LogP contribution in [0.3, 0.4) is 0 Å². The van der Waals surface area contributed by atoms with Crippen LogP contribution in [0.15, 0.2) is 18.5 Å². The molecular weight excluding hydrogens is 553 g/mol. The Labute approximate surface area is 243 Å². The minimum absolute atomic E-state index is 0.0504. The molecule has 2 atom stereocenters. The number of hydrogen-bond donors (Lipinski definition) is 3. The number of aromatic nitrogens is 3. The van der Waals surface area contributed by atoms with Crippen LogP contribution >= 0.6 is 0 Å². The highest BCUT2D eigenvalue weighted by Crippen LogP contribution is 2.36. The molecule has 1 aliphatic carbocycles. The number of piperidine rings is 1. The normalized spacial score (nSPS) is 20.1. The van der Waals surface area contributed by atoms with Crippen molar-refractivity contribution in [2.24, 2.45) is 0 Å². The number of carbonyl (C=O) groups excluding carboxylic acids is 2. The number of amides is 2. The Morgan fingerprint density at radius 2 is 1.83 bits per heavy atom. The molecule has 1 saturated heterocycles. The van der Waals surface area contributed by atoms with Gasteiger partial charge in [0.15, 0.2) is 0 Å². The number of nitrogens with zero attached hydrogens (tertiary/aromatic N) is 5. The Bertz CT molecular complexity index is 1250. The first-order valence-electron chi connectivity index (χ1n) is 14.3. The van der Waals surface area contributed by atoms with Crippen LogP contribution in [0.5, 0.6) is 5.75 Å². The van der Waals surface area contributed by atoms with E-state index in [9.17, 15) is 22.8 Å². The van der Waals surface area contributed by atoms with Gasteiger partial charge < -0.3 is 30.5 Å². The Hall–Kier alpha value is -3.68. The topological polar surface area (TPSA) is 125 Å². The number of alkyl halides is 3. The monoisotopic (exact) mass is 592 g/mol. The Balaban J connectivity index is 1.55. The van der Waals surface area contributed by atoms with Gasteiger partial charge in [0.2, 0.25) is 11.9 Å². The van der Waals surface area contributed by atoms with E-state index in [0.29, 0.717) is 19.4 Å². The van der Waals surface area contributed by atoms with Crippen molar-refractivity contribution in [3.8, 4) is 5.75 Å². The van der Waals surface area contributed by atoms with Crippen LogP contribution in [-0.4, -0.2) is 88.5 Å². The van der Waals surface area contributed by atoms with E-state index >= 15 is 0 Å². The molecule has 0 spiro atoms. The first-order chi connectivity index (χ1) is 20.0. The second-order valence-corrected chi connectivity index (χ2v) is 10.8. The lowest BCUT2D eigenvalue weighted by Gasteiger charge is -2.40. The predicted molar refractivity (Wildman–Crippen MR) is 152 cm³/mol. The van der Waals surface area contributed by atoms with Gasteiger partial charge in [0.25, 0.3) is 5.91 Å². The molecule has 3 heterocycles. The zero-order valence-electron chi connectivity index (χ0n) is 24.4. The predicted octanol–water partition coefficient (Wildman–Crippen LogP) is 4.06. The lowest BCUT2D eigenvalue weighted by molar-refractivity contribution is -0.137. The Kier molecular flexibility index (Phi) is 10.1. The van der Waals surface area contributed by atoms with Crippen LogP contribution in [0.2, 0.25) is 0 Å². The molecule has 42 heavy (non-hydrogen) atoms. The van der Waals surface area contributed by atoms with E-state index < -0.39 is 17.8 Å². The second kappa shape index (κ2) is 13.5. The molecule has 2 amide bonds. The molecular formula is C28H39F3N8O3. The molecule has 3 N–H and O–H groups in total.